The monoisotopic (exact) mass is 338 g/mol. The maximum absolute atomic E-state index is 10.9. The highest BCUT2D eigenvalue weighted by Crippen LogP contribution is 2.31. The lowest BCUT2D eigenvalue weighted by Gasteiger charge is -2.33. The van der Waals surface area contributed by atoms with Gasteiger partial charge in [-0.3, -0.25) is 4.79 Å². The predicted molar refractivity (Wildman–Crippen MR) is 97.9 cm³/mol. The second-order valence-electron chi connectivity index (χ2n) is 6.06. The van der Waals surface area contributed by atoms with Gasteiger partial charge in [0.25, 0.3) is 0 Å². The number of hydrogen-bond donors (Lipinski definition) is 0. The number of nitrogens with zero attached hydrogens (tertiary/aromatic N) is 4. The third-order valence-corrected chi connectivity index (χ3v) is 5.44. The topological polar surface area (TPSA) is 49.3 Å². The zero-order valence-electron chi connectivity index (χ0n) is 13.5. The summed E-state index contributed by atoms with van der Waals surface area (Å²) in [6, 6.07) is 9.73. The standard InChI is InChI=1S/C18H18N4OS/c1-21-6-8-22(9-7-21)17-5-3-14(11-19-17)18-20-15-4-2-13(12-23)10-16(15)24-18/h2-5,10-12H,6-9H2,1H3. The highest BCUT2D eigenvalue weighted by atomic mass is 32.1. The second kappa shape index (κ2) is 6.30. The van der Waals surface area contributed by atoms with E-state index in [1.807, 2.05) is 18.3 Å². The molecule has 122 valence electrons. The zero-order chi connectivity index (χ0) is 16.5. The predicted octanol–water partition coefficient (Wildman–Crippen LogP) is 2.92. The molecule has 24 heavy (non-hydrogen) atoms. The van der Waals surface area contributed by atoms with Gasteiger partial charge >= 0.3 is 0 Å². The van der Waals surface area contributed by atoms with E-state index in [1.165, 1.54) is 0 Å². The minimum Gasteiger partial charge on any atom is -0.354 e. The molecule has 1 aliphatic heterocycles. The Kier molecular flexibility index (Phi) is 4.00. The number of aldehydes is 1. The molecule has 1 aromatic carbocycles. The summed E-state index contributed by atoms with van der Waals surface area (Å²) in [6.45, 7) is 4.16. The van der Waals surface area contributed by atoms with Gasteiger partial charge in [0.15, 0.2) is 0 Å². The van der Waals surface area contributed by atoms with Crippen molar-refractivity contribution in [3.63, 3.8) is 0 Å². The number of carbonyl (C=O) groups excluding carboxylic acids is 1. The van der Waals surface area contributed by atoms with Crippen LogP contribution in [0.15, 0.2) is 36.5 Å². The molecule has 2 aromatic heterocycles. The lowest BCUT2D eigenvalue weighted by Crippen LogP contribution is -2.44. The molecular formula is C18H18N4OS. The Bertz CT molecular complexity index is 866. The summed E-state index contributed by atoms with van der Waals surface area (Å²) in [6.07, 6.45) is 2.76. The summed E-state index contributed by atoms with van der Waals surface area (Å²) in [5, 5.41) is 0.936. The van der Waals surface area contributed by atoms with Crippen LogP contribution < -0.4 is 4.90 Å². The Morgan fingerprint density at radius 3 is 2.67 bits per heavy atom. The Balaban J connectivity index is 1.59. The van der Waals surface area contributed by atoms with E-state index in [2.05, 4.69) is 38.9 Å². The normalized spacial score (nSPS) is 15.8. The molecule has 3 aromatic rings. The molecule has 1 aliphatic rings. The van der Waals surface area contributed by atoms with Gasteiger partial charge in [-0.05, 0) is 37.4 Å². The SMILES string of the molecule is CN1CCN(c2ccc(-c3nc4ccc(C=O)cc4s3)cn2)CC1. The second-order valence-corrected chi connectivity index (χ2v) is 7.09. The number of fused-ring (bicyclic) bond motifs is 1. The van der Waals surface area contributed by atoms with E-state index in [4.69, 9.17) is 0 Å². The maximum Gasteiger partial charge on any atom is 0.150 e. The molecule has 0 N–H and O–H groups in total. The largest absolute Gasteiger partial charge is 0.354 e. The molecule has 0 amide bonds. The minimum atomic E-state index is 0.682. The molecule has 0 atom stereocenters. The molecule has 0 spiro atoms. The van der Waals surface area contributed by atoms with Gasteiger partial charge in [-0.2, -0.15) is 0 Å². The van der Waals surface area contributed by atoms with Crippen LogP contribution in [0, 0.1) is 0 Å². The molecule has 1 fully saturated rings. The van der Waals surface area contributed by atoms with Gasteiger partial charge in [-0.25, -0.2) is 9.97 Å². The van der Waals surface area contributed by atoms with Crippen molar-refractivity contribution in [2.75, 3.05) is 38.1 Å². The Labute approximate surface area is 144 Å². The average Bonchev–Trinajstić information content (AvgIpc) is 3.05. The van der Waals surface area contributed by atoms with Crippen LogP contribution in [0.1, 0.15) is 10.4 Å². The summed E-state index contributed by atoms with van der Waals surface area (Å²) in [7, 11) is 2.15. The molecule has 0 bridgehead atoms. The van der Waals surface area contributed by atoms with E-state index in [9.17, 15) is 4.79 Å². The van der Waals surface area contributed by atoms with Crippen molar-refractivity contribution in [1.29, 1.82) is 0 Å². The number of benzene rings is 1. The van der Waals surface area contributed by atoms with Gasteiger partial charge in [-0.15, -0.1) is 11.3 Å². The van der Waals surface area contributed by atoms with Crippen LogP contribution in [0.5, 0.6) is 0 Å². The molecule has 0 radical (unpaired) electrons. The van der Waals surface area contributed by atoms with E-state index in [-0.39, 0.29) is 0 Å². The maximum atomic E-state index is 10.9. The number of piperazine rings is 1. The van der Waals surface area contributed by atoms with Crippen LogP contribution in [0.2, 0.25) is 0 Å². The van der Waals surface area contributed by atoms with E-state index in [0.717, 1.165) is 59.1 Å². The third kappa shape index (κ3) is 2.90. The van der Waals surface area contributed by atoms with Crippen molar-refractivity contribution in [2.45, 2.75) is 0 Å². The molecule has 1 saturated heterocycles. The number of hydrogen-bond acceptors (Lipinski definition) is 6. The van der Waals surface area contributed by atoms with Gasteiger partial charge in [-0.1, -0.05) is 0 Å². The number of pyridine rings is 1. The molecule has 0 unspecified atom stereocenters. The van der Waals surface area contributed by atoms with Crippen LogP contribution in [0.25, 0.3) is 20.8 Å². The first-order valence-corrected chi connectivity index (χ1v) is 8.80. The van der Waals surface area contributed by atoms with Crippen molar-refractivity contribution in [1.82, 2.24) is 14.9 Å². The van der Waals surface area contributed by atoms with Gasteiger partial charge in [0.2, 0.25) is 0 Å². The van der Waals surface area contributed by atoms with E-state index >= 15 is 0 Å². The lowest BCUT2D eigenvalue weighted by atomic mass is 10.2. The third-order valence-electron chi connectivity index (χ3n) is 4.37. The molecular weight excluding hydrogens is 320 g/mol. The van der Waals surface area contributed by atoms with Crippen molar-refractivity contribution < 1.29 is 4.79 Å². The van der Waals surface area contributed by atoms with E-state index < -0.39 is 0 Å². The van der Waals surface area contributed by atoms with Crippen LogP contribution in [-0.2, 0) is 0 Å². The number of thiazole rings is 1. The van der Waals surface area contributed by atoms with Crippen molar-refractivity contribution in [3.05, 3.63) is 42.1 Å². The van der Waals surface area contributed by atoms with Gasteiger partial charge < -0.3 is 9.80 Å². The fraction of sp³-hybridized carbons (Fsp3) is 0.278. The Morgan fingerprint density at radius 2 is 1.96 bits per heavy atom. The number of rotatable bonds is 3. The Morgan fingerprint density at radius 1 is 1.12 bits per heavy atom. The first kappa shape index (κ1) is 15.2. The number of carbonyl (C=O) groups is 1. The summed E-state index contributed by atoms with van der Waals surface area (Å²) in [5.41, 5.74) is 2.62. The summed E-state index contributed by atoms with van der Waals surface area (Å²) < 4.78 is 1.03. The summed E-state index contributed by atoms with van der Waals surface area (Å²) in [5.74, 6) is 1.02. The Hall–Kier alpha value is -2.31. The first-order chi connectivity index (χ1) is 11.7. The van der Waals surface area contributed by atoms with Gasteiger partial charge in [0, 0.05) is 43.5 Å². The van der Waals surface area contributed by atoms with Crippen LogP contribution in [0.4, 0.5) is 5.82 Å². The zero-order valence-corrected chi connectivity index (χ0v) is 14.3. The number of likely N-dealkylation sites (N-methyl/N-ethyl adjacent to an activating group) is 1. The summed E-state index contributed by atoms with van der Waals surface area (Å²) >= 11 is 1.59. The highest BCUT2D eigenvalue weighted by Gasteiger charge is 2.15. The van der Waals surface area contributed by atoms with Gasteiger partial charge in [0.05, 0.1) is 10.2 Å². The molecule has 4 rings (SSSR count). The average molecular weight is 338 g/mol. The molecule has 0 saturated carbocycles. The number of aromatic nitrogens is 2. The first-order valence-electron chi connectivity index (χ1n) is 7.98. The van der Waals surface area contributed by atoms with E-state index in [1.54, 1.807) is 17.4 Å². The van der Waals surface area contributed by atoms with Crippen molar-refractivity contribution in [2.24, 2.45) is 0 Å². The molecule has 5 nitrogen and oxygen atoms in total. The fourth-order valence-corrected chi connectivity index (χ4v) is 3.88. The van der Waals surface area contributed by atoms with E-state index in [0.29, 0.717) is 5.56 Å². The summed E-state index contributed by atoms with van der Waals surface area (Å²) in [4.78, 5) is 24.8. The smallest absolute Gasteiger partial charge is 0.150 e. The minimum absolute atomic E-state index is 0.682. The van der Waals surface area contributed by atoms with Crippen LogP contribution in [-0.4, -0.2) is 54.4 Å². The van der Waals surface area contributed by atoms with Crippen molar-refractivity contribution >= 4 is 33.7 Å². The van der Waals surface area contributed by atoms with Crippen LogP contribution >= 0.6 is 11.3 Å². The molecule has 6 heteroatoms. The lowest BCUT2D eigenvalue weighted by molar-refractivity contribution is 0.112. The highest BCUT2D eigenvalue weighted by molar-refractivity contribution is 7.21. The van der Waals surface area contributed by atoms with Crippen molar-refractivity contribution in [3.8, 4) is 10.6 Å². The quantitative estimate of drug-likeness (QED) is 0.687. The number of anilines is 1. The van der Waals surface area contributed by atoms with Crippen LogP contribution in [0.3, 0.4) is 0 Å². The molecule has 0 aliphatic carbocycles. The van der Waals surface area contributed by atoms with Gasteiger partial charge in [0.1, 0.15) is 17.1 Å². The fourth-order valence-electron chi connectivity index (χ4n) is 2.87. The molecule has 3 heterocycles.